The Morgan fingerprint density at radius 2 is 2.00 bits per heavy atom. The Bertz CT molecular complexity index is 922. The number of ether oxygens (including phenoxy) is 1. The van der Waals surface area contributed by atoms with E-state index in [-0.39, 0.29) is 17.7 Å². The van der Waals surface area contributed by atoms with Crippen molar-refractivity contribution in [3.05, 3.63) is 63.9 Å². The molecule has 0 aliphatic rings. The van der Waals surface area contributed by atoms with Gasteiger partial charge >= 0.3 is 0 Å². The average molecular weight is 313 g/mol. The van der Waals surface area contributed by atoms with E-state index in [9.17, 15) is 9.59 Å². The summed E-state index contributed by atoms with van der Waals surface area (Å²) >= 11 is 0. The van der Waals surface area contributed by atoms with Gasteiger partial charge in [-0.15, -0.1) is 0 Å². The van der Waals surface area contributed by atoms with Crippen LogP contribution in [0.2, 0.25) is 0 Å². The molecule has 1 aromatic carbocycles. The molecule has 3 rings (SSSR count). The number of furan rings is 1. The van der Waals surface area contributed by atoms with Crippen LogP contribution in [0.4, 0.5) is 0 Å². The van der Waals surface area contributed by atoms with E-state index in [1.807, 2.05) is 13.0 Å². The third-order valence-corrected chi connectivity index (χ3v) is 3.38. The van der Waals surface area contributed by atoms with Gasteiger partial charge in [0.1, 0.15) is 22.9 Å². The van der Waals surface area contributed by atoms with Crippen molar-refractivity contribution in [2.45, 2.75) is 13.5 Å². The van der Waals surface area contributed by atoms with Gasteiger partial charge < -0.3 is 18.9 Å². The molecule has 0 saturated heterocycles. The first-order valence-corrected chi connectivity index (χ1v) is 7.02. The van der Waals surface area contributed by atoms with E-state index in [1.165, 1.54) is 13.2 Å². The second-order valence-electron chi connectivity index (χ2n) is 5.03. The number of methoxy groups -OCH3 is 1. The standard InChI is InChI=1S/C17H15NO5/c1-10-3-4-12(22-10)9-18-17(20)16-8-14(19)13-6-5-11(21-2)7-15(13)23-16/h3-8H,9H2,1-2H3,(H,18,20). The maximum atomic E-state index is 12.2. The molecule has 3 aromatic rings. The fourth-order valence-electron chi connectivity index (χ4n) is 2.21. The molecule has 0 spiro atoms. The van der Waals surface area contributed by atoms with E-state index in [4.69, 9.17) is 13.6 Å². The summed E-state index contributed by atoms with van der Waals surface area (Å²) in [5.41, 5.74) is 0.0174. The number of hydrogen-bond acceptors (Lipinski definition) is 5. The van der Waals surface area contributed by atoms with Gasteiger partial charge in [0.25, 0.3) is 5.91 Å². The summed E-state index contributed by atoms with van der Waals surface area (Å²) in [5, 5.41) is 3.05. The summed E-state index contributed by atoms with van der Waals surface area (Å²) in [7, 11) is 1.52. The number of rotatable bonds is 4. The van der Waals surface area contributed by atoms with Gasteiger partial charge in [-0.25, -0.2) is 0 Å². The van der Waals surface area contributed by atoms with Gasteiger partial charge in [0.15, 0.2) is 11.2 Å². The zero-order chi connectivity index (χ0) is 16.4. The van der Waals surface area contributed by atoms with Crippen molar-refractivity contribution >= 4 is 16.9 Å². The maximum Gasteiger partial charge on any atom is 0.287 e. The summed E-state index contributed by atoms with van der Waals surface area (Å²) in [6, 6.07) is 9.60. The van der Waals surface area contributed by atoms with Crippen LogP contribution in [0.25, 0.3) is 11.0 Å². The van der Waals surface area contributed by atoms with Gasteiger partial charge in [-0.1, -0.05) is 0 Å². The van der Waals surface area contributed by atoms with Crippen LogP contribution in [-0.4, -0.2) is 13.0 Å². The van der Waals surface area contributed by atoms with Gasteiger partial charge in [-0.05, 0) is 31.2 Å². The highest BCUT2D eigenvalue weighted by atomic mass is 16.5. The quantitative estimate of drug-likeness (QED) is 0.800. The molecule has 1 amide bonds. The minimum absolute atomic E-state index is 0.0565. The zero-order valence-electron chi connectivity index (χ0n) is 12.7. The van der Waals surface area contributed by atoms with Crippen LogP contribution in [-0.2, 0) is 6.54 Å². The Hall–Kier alpha value is -3.02. The second kappa shape index (κ2) is 6.00. The lowest BCUT2D eigenvalue weighted by Gasteiger charge is -2.05. The van der Waals surface area contributed by atoms with Crippen LogP contribution >= 0.6 is 0 Å². The summed E-state index contributed by atoms with van der Waals surface area (Å²) in [6.45, 7) is 2.04. The minimum Gasteiger partial charge on any atom is -0.497 e. The molecule has 0 aliphatic carbocycles. The smallest absolute Gasteiger partial charge is 0.287 e. The molecule has 2 heterocycles. The third-order valence-electron chi connectivity index (χ3n) is 3.38. The predicted molar refractivity (Wildman–Crippen MR) is 83.7 cm³/mol. The van der Waals surface area contributed by atoms with E-state index < -0.39 is 5.91 Å². The molecule has 118 valence electrons. The average Bonchev–Trinajstić information content (AvgIpc) is 2.97. The van der Waals surface area contributed by atoms with Crippen LogP contribution in [0.15, 0.2) is 50.0 Å². The molecular formula is C17H15NO5. The summed E-state index contributed by atoms with van der Waals surface area (Å²) in [5.74, 6) is 1.39. The predicted octanol–water partition coefficient (Wildman–Crippen LogP) is 2.63. The summed E-state index contributed by atoms with van der Waals surface area (Å²) < 4.78 is 16.0. The number of fused-ring (bicyclic) bond motifs is 1. The Balaban J connectivity index is 1.86. The van der Waals surface area contributed by atoms with Gasteiger partial charge in [0.2, 0.25) is 0 Å². The number of benzene rings is 1. The molecule has 0 bridgehead atoms. The molecule has 0 saturated carbocycles. The molecule has 2 aromatic heterocycles. The molecule has 0 radical (unpaired) electrons. The molecule has 0 fully saturated rings. The van der Waals surface area contributed by atoms with Crippen LogP contribution in [0.1, 0.15) is 22.1 Å². The second-order valence-corrected chi connectivity index (χ2v) is 5.03. The van der Waals surface area contributed by atoms with Crippen molar-refractivity contribution in [1.82, 2.24) is 5.32 Å². The van der Waals surface area contributed by atoms with Crippen molar-refractivity contribution in [3.63, 3.8) is 0 Å². The first kappa shape index (κ1) is 14.9. The largest absolute Gasteiger partial charge is 0.497 e. The van der Waals surface area contributed by atoms with Crippen molar-refractivity contribution in [3.8, 4) is 5.75 Å². The Labute approximate surface area is 131 Å². The number of aryl methyl sites for hydroxylation is 1. The van der Waals surface area contributed by atoms with Crippen molar-refractivity contribution in [2.24, 2.45) is 0 Å². The SMILES string of the molecule is COc1ccc2c(=O)cc(C(=O)NCc3ccc(C)o3)oc2c1. The summed E-state index contributed by atoms with van der Waals surface area (Å²) in [4.78, 5) is 24.2. The lowest BCUT2D eigenvalue weighted by Crippen LogP contribution is -2.23. The molecule has 6 nitrogen and oxygen atoms in total. The third kappa shape index (κ3) is 3.11. The Morgan fingerprint density at radius 1 is 1.17 bits per heavy atom. The highest BCUT2D eigenvalue weighted by Crippen LogP contribution is 2.19. The van der Waals surface area contributed by atoms with Gasteiger partial charge in [-0.3, -0.25) is 9.59 Å². The first-order valence-electron chi connectivity index (χ1n) is 7.02. The van der Waals surface area contributed by atoms with Crippen molar-refractivity contribution in [2.75, 3.05) is 7.11 Å². The number of carbonyl (C=O) groups excluding carboxylic acids is 1. The highest BCUT2D eigenvalue weighted by Gasteiger charge is 2.13. The van der Waals surface area contributed by atoms with E-state index in [0.717, 1.165) is 5.76 Å². The fraction of sp³-hybridized carbons (Fsp3) is 0.176. The number of nitrogens with one attached hydrogen (secondary N) is 1. The topological polar surface area (TPSA) is 81.7 Å². The van der Waals surface area contributed by atoms with Crippen LogP contribution in [0.5, 0.6) is 5.75 Å². The summed E-state index contributed by atoms with van der Waals surface area (Å²) in [6.07, 6.45) is 0. The van der Waals surface area contributed by atoms with Gasteiger partial charge in [-0.2, -0.15) is 0 Å². The van der Waals surface area contributed by atoms with Crippen LogP contribution < -0.4 is 15.5 Å². The molecule has 1 N–H and O–H groups in total. The highest BCUT2D eigenvalue weighted by molar-refractivity contribution is 5.93. The van der Waals surface area contributed by atoms with Crippen molar-refractivity contribution < 1.29 is 18.4 Å². The lowest BCUT2D eigenvalue weighted by molar-refractivity contribution is 0.0920. The van der Waals surface area contributed by atoms with Crippen LogP contribution in [0, 0.1) is 6.92 Å². The van der Waals surface area contributed by atoms with E-state index in [0.29, 0.717) is 22.5 Å². The number of amides is 1. The van der Waals surface area contributed by atoms with Crippen molar-refractivity contribution in [1.29, 1.82) is 0 Å². The lowest BCUT2D eigenvalue weighted by atomic mass is 10.2. The maximum absolute atomic E-state index is 12.2. The normalized spacial score (nSPS) is 10.7. The first-order chi connectivity index (χ1) is 11.1. The molecule has 0 atom stereocenters. The molecule has 0 unspecified atom stereocenters. The van der Waals surface area contributed by atoms with E-state index in [1.54, 1.807) is 24.3 Å². The van der Waals surface area contributed by atoms with Crippen LogP contribution in [0.3, 0.4) is 0 Å². The molecule has 6 heteroatoms. The van der Waals surface area contributed by atoms with E-state index in [2.05, 4.69) is 5.32 Å². The Kier molecular flexibility index (Phi) is 3.89. The fourth-order valence-corrected chi connectivity index (χ4v) is 2.21. The number of hydrogen-bond donors (Lipinski definition) is 1. The van der Waals surface area contributed by atoms with E-state index >= 15 is 0 Å². The number of carbonyl (C=O) groups is 1. The minimum atomic E-state index is -0.485. The monoisotopic (exact) mass is 313 g/mol. The zero-order valence-corrected chi connectivity index (χ0v) is 12.7. The van der Waals surface area contributed by atoms with Gasteiger partial charge in [0.05, 0.1) is 19.0 Å². The molecule has 23 heavy (non-hydrogen) atoms. The van der Waals surface area contributed by atoms with Gasteiger partial charge in [0, 0.05) is 12.1 Å². The molecular weight excluding hydrogens is 298 g/mol. The Morgan fingerprint density at radius 3 is 2.70 bits per heavy atom. The molecule has 0 aliphatic heterocycles.